The number of H-pyrrole nitrogens is 1. The molecule has 0 radical (unpaired) electrons. The average molecular weight is 242 g/mol. The SMILES string of the molecule is Cc1c(OC(F)(F)F)cccc1-c1cn[nH]c1. The van der Waals surface area contributed by atoms with Crippen LogP contribution in [0.15, 0.2) is 30.6 Å². The van der Waals surface area contributed by atoms with Crippen molar-refractivity contribution in [3.63, 3.8) is 0 Å². The Balaban J connectivity index is 2.41. The van der Waals surface area contributed by atoms with Crippen LogP contribution in [-0.2, 0) is 0 Å². The highest BCUT2D eigenvalue weighted by molar-refractivity contribution is 5.68. The van der Waals surface area contributed by atoms with Crippen LogP contribution >= 0.6 is 0 Å². The first kappa shape index (κ1) is 11.5. The molecule has 0 spiro atoms. The highest BCUT2D eigenvalue weighted by Crippen LogP contribution is 2.32. The molecular weight excluding hydrogens is 233 g/mol. The average Bonchev–Trinajstić information content (AvgIpc) is 2.72. The smallest absolute Gasteiger partial charge is 0.405 e. The van der Waals surface area contributed by atoms with Gasteiger partial charge in [-0.1, -0.05) is 12.1 Å². The van der Waals surface area contributed by atoms with E-state index in [0.29, 0.717) is 11.1 Å². The zero-order chi connectivity index (χ0) is 12.5. The number of aromatic amines is 1. The summed E-state index contributed by atoms with van der Waals surface area (Å²) in [4.78, 5) is 0. The molecule has 3 nitrogen and oxygen atoms in total. The molecule has 0 aliphatic carbocycles. The van der Waals surface area contributed by atoms with E-state index in [1.54, 1.807) is 25.4 Å². The summed E-state index contributed by atoms with van der Waals surface area (Å²) in [5.41, 5.74) is 1.79. The first-order chi connectivity index (χ1) is 7.97. The molecule has 1 aromatic carbocycles. The monoisotopic (exact) mass is 242 g/mol. The quantitative estimate of drug-likeness (QED) is 0.877. The number of benzene rings is 1. The Kier molecular flexibility index (Phi) is 2.79. The summed E-state index contributed by atoms with van der Waals surface area (Å²) in [5, 5.41) is 6.37. The third-order valence-corrected chi connectivity index (χ3v) is 2.32. The summed E-state index contributed by atoms with van der Waals surface area (Å²) < 4.78 is 40.4. The van der Waals surface area contributed by atoms with E-state index in [4.69, 9.17) is 0 Å². The molecule has 0 unspecified atom stereocenters. The van der Waals surface area contributed by atoms with E-state index in [-0.39, 0.29) is 5.75 Å². The Hall–Kier alpha value is -1.98. The summed E-state index contributed by atoms with van der Waals surface area (Å²) in [6, 6.07) is 4.51. The zero-order valence-electron chi connectivity index (χ0n) is 8.88. The molecule has 0 fully saturated rings. The van der Waals surface area contributed by atoms with Crippen LogP contribution in [0.2, 0.25) is 0 Å². The third-order valence-electron chi connectivity index (χ3n) is 2.32. The second-order valence-corrected chi connectivity index (χ2v) is 3.46. The van der Waals surface area contributed by atoms with Crippen molar-refractivity contribution in [1.82, 2.24) is 10.2 Å². The molecule has 0 amide bonds. The van der Waals surface area contributed by atoms with Gasteiger partial charge < -0.3 is 4.74 Å². The van der Waals surface area contributed by atoms with Crippen molar-refractivity contribution in [2.24, 2.45) is 0 Å². The van der Waals surface area contributed by atoms with Crippen molar-refractivity contribution in [3.05, 3.63) is 36.2 Å². The van der Waals surface area contributed by atoms with Crippen LogP contribution in [0.1, 0.15) is 5.56 Å². The number of aromatic nitrogens is 2. The molecule has 1 N–H and O–H groups in total. The lowest BCUT2D eigenvalue weighted by molar-refractivity contribution is -0.274. The van der Waals surface area contributed by atoms with Gasteiger partial charge in [0.15, 0.2) is 0 Å². The van der Waals surface area contributed by atoms with Crippen LogP contribution in [-0.4, -0.2) is 16.6 Å². The van der Waals surface area contributed by atoms with E-state index >= 15 is 0 Å². The van der Waals surface area contributed by atoms with Gasteiger partial charge in [-0.3, -0.25) is 5.10 Å². The van der Waals surface area contributed by atoms with E-state index < -0.39 is 6.36 Å². The molecule has 1 aromatic heterocycles. The van der Waals surface area contributed by atoms with Gasteiger partial charge in [-0.25, -0.2) is 0 Å². The summed E-state index contributed by atoms with van der Waals surface area (Å²) >= 11 is 0. The van der Waals surface area contributed by atoms with Crippen LogP contribution in [0, 0.1) is 6.92 Å². The van der Waals surface area contributed by atoms with E-state index in [1.165, 1.54) is 12.1 Å². The Labute approximate surface area is 95.2 Å². The van der Waals surface area contributed by atoms with E-state index in [9.17, 15) is 13.2 Å². The van der Waals surface area contributed by atoms with Gasteiger partial charge in [0, 0.05) is 11.8 Å². The fourth-order valence-corrected chi connectivity index (χ4v) is 1.56. The number of rotatable bonds is 2. The number of hydrogen-bond donors (Lipinski definition) is 1. The van der Waals surface area contributed by atoms with Gasteiger partial charge in [-0.2, -0.15) is 5.10 Å². The first-order valence-corrected chi connectivity index (χ1v) is 4.82. The zero-order valence-corrected chi connectivity index (χ0v) is 8.88. The molecule has 90 valence electrons. The standard InChI is InChI=1S/C11H9F3N2O/c1-7-9(8-5-15-16-6-8)3-2-4-10(7)17-11(12,13)14/h2-6H,1H3,(H,15,16). The molecule has 17 heavy (non-hydrogen) atoms. The Morgan fingerprint density at radius 3 is 2.65 bits per heavy atom. The van der Waals surface area contributed by atoms with Crippen molar-refractivity contribution in [2.75, 3.05) is 0 Å². The number of ether oxygens (including phenoxy) is 1. The van der Waals surface area contributed by atoms with Crippen molar-refractivity contribution in [2.45, 2.75) is 13.3 Å². The van der Waals surface area contributed by atoms with Crippen LogP contribution < -0.4 is 4.74 Å². The van der Waals surface area contributed by atoms with Crippen LogP contribution in [0.5, 0.6) is 5.75 Å². The van der Waals surface area contributed by atoms with Gasteiger partial charge in [0.1, 0.15) is 5.75 Å². The highest BCUT2D eigenvalue weighted by atomic mass is 19.4. The van der Waals surface area contributed by atoms with E-state index in [2.05, 4.69) is 14.9 Å². The summed E-state index contributed by atoms with van der Waals surface area (Å²) in [6.45, 7) is 1.57. The number of hydrogen-bond acceptors (Lipinski definition) is 2. The second-order valence-electron chi connectivity index (χ2n) is 3.46. The van der Waals surface area contributed by atoms with Crippen molar-refractivity contribution >= 4 is 0 Å². The molecule has 6 heteroatoms. The molecule has 1 heterocycles. The van der Waals surface area contributed by atoms with Crippen molar-refractivity contribution in [1.29, 1.82) is 0 Å². The molecule has 0 saturated heterocycles. The summed E-state index contributed by atoms with van der Waals surface area (Å²) in [6.07, 6.45) is -1.53. The van der Waals surface area contributed by atoms with Crippen LogP contribution in [0.25, 0.3) is 11.1 Å². The Morgan fingerprint density at radius 1 is 1.29 bits per heavy atom. The maximum atomic E-state index is 12.2. The molecule has 0 aliphatic rings. The maximum Gasteiger partial charge on any atom is 0.573 e. The van der Waals surface area contributed by atoms with Gasteiger partial charge in [0.25, 0.3) is 0 Å². The first-order valence-electron chi connectivity index (χ1n) is 4.82. The molecule has 2 aromatic rings. The van der Waals surface area contributed by atoms with Gasteiger partial charge in [-0.15, -0.1) is 13.2 Å². The van der Waals surface area contributed by atoms with Gasteiger partial charge >= 0.3 is 6.36 Å². The Morgan fingerprint density at radius 2 is 2.06 bits per heavy atom. The molecule has 0 saturated carbocycles. The molecule has 2 rings (SSSR count). The second kappa shape index (κ2) is 4.12. The lowest BCUT2D eigenvalue weighted by atomic mass is 10.0. The van der Waals surface area contributed by atoms with Gasteiger partial charge in [0.05, 0.1) is 6.20 Å². The Bertz CT molecular complexity index is 506. The molecule has 0 aliphatic heterocycles. The lowest BCUT2D eigenvalue weighted by Crippen LogP contribution is -2.17. The van der Waals surface area contributed by atoms with Gasteiger partial charge in [0.2, 0.25) is 0 Å². The lowest BCUT2D eigenvalue weighted by Gasteiger charge is -2.13. The number of nitrogens with zero attached hydrogens (tertiary/aromatic N) is 1. The fourth-order valence-electron chi connectivity index (χ4n) is 1.56. The normalized spacial score (nSPS) is 11.5. The summed E-state index contributed by atoms with van der Waals surface area (Å²) in [7, 11) is 0. The predicted molar refractivity (Wildman–Crippen MR) is 55.4 cm³/mol. The van der Waals surface area contributed by atoms with E-state index in [0.717, 1.165) is 5.56 Å². The minimum absolute atomic E-state index is 0.198. The summed E-state index contributed by atoms with van der Waals surface area (Å²) in [5.74, 6) is -0.198. The molecule has 0 atom stereocenters. The minimum atomic E-state index is -4.68. The minimum Gasteiger partial charge on any atom is -0.405 e. The molecular formula is C11H9F3N2O. The van der Waals surface area contributed by atoms with E-state index in [1.807, 2.05) is 0 Å². The maximum absolute atomic E-state index is 12.2. The van der Waals surface area contributed by atoms with Crippen molar-refractivity contribution < 1.29 is 17.9 Å². The van der Waals surface area contributed by atoms with Gasteiger partial charge in [-0.05, 0) is 24.1 Å². The van der Waals surface area contributed by atoms with Crippen molar-refractivity contribution in [3.8, 4) is 16.9 Å². The number of halogens is 3. The fraction of sp³-hybridized carbons (Fsp3) is 0.182. The highest BCUT2D eigenvalue weighted by Gasteiger charge is 2.32. The molecule has 0 bridgehead atoms. The van der Waals surface area contributed by atoms with Crippen LogP contribution in [0.3, 0.4) is 0 Å². The topological polar surface area (TPSA) is 37.9 Å². The number of alkyl halides is 3. The predicted octanol–water partition coefficient (Wildman–Crippen LogP) is 3.28. The van der Waals surface area contributed by atoms with Crippen LogP contribution in [0.4, 0.5) is 13.2 Å². The third kappa shape index (κ3) is 2.58. The largest absolute Gasteiger partial charge is 0.573 e. The number of nitrogens with one attached hydrogen (secondary N) is 1.